The maximum absolute atomic E-state index is 11.9. The highest BCUT2D eigenvalue weighted by molar-refractivity contribution is 5.75. The summed E-state index contributed by atoms with van der Waals surface area (Å²) in [7, 11) is 3.57. The van der Waals surface area contributed by atoms with Gasteiger partial charge in [-0.1, -0.05) is 64.0 Å². The van der Waals surface area contributed by atoms with E-state index in [9.17, 15) is 9.59 Å². The molecule has 2 N–H and O–H groups in total. The number of carbonyl (C=O) groups excluding carboxylic acids is 1. The van der Waals surface area contributed by atoms with Gasteiger partial charge in [-0.25, -0.2) is 0 Å². The normalized spacial score (nSPS) is 12.5. The van der Waals surface area contributed by atoms with E-state index in [1.54, 1.807) is 19.0 Å². The van der Waals surface area contributed by atoms with E-state index in [0.29, 0.717) is 19.4 Å². The zero-order valence-corrected chi connectivity index (χ0v) is 20.0. The lowest BCUT2D eigenvalue weighted by atomic mass is 10.1. The number of hydrogen-bond donors (Lipinski definition) is 2. The number of hydrogen-bond acceptors (Lipinski definition) is 3. The first-order chi connectivity index (χ1) is 14.5. The van der Waals surface area contributed by atoms with Crippen LogP contribution in [0.3, 0.4) is 0 Å². The first kappa shape index (κ1) is 28.6. The van der Waals surface area contributed by atoms with Gasteiger partial charge in [0, 0.05) is 13.0 Å². The molecule has 1 atom stereocenters. The van der Waals surface area contributed by atoms with Gasteiger partial charge < -0.3 is 10.4 Å². The van der Waals surface area contributed by atoms with Crippen molar-refractivity contribution in [2.24, 2.45) is 0 Å². The third kappa shape index (κ3) is 18.7. The van der Waals surface area contributed by atoms with Crippen molar-refractivity contribution in [1.29, 1.82) is 0 Å². The Morgan fingerprint density at radius 3 is 1.97 bits per heavy atom. The Morgan fingerprint density at radius 2 is 1.40 bits per heavy atom. The number of amides is 1. The van der Waals surface area contributed by atoms with Crippen LogP contribution in [0.2, 0.25) is 0 Å². The minimum absolute atomic E-state index is 0.128. The SMILES string of the molecule is CCCCC/C=C/CCCCCCCCCC(=O)NCCCC[C@@H](C(=O)O)N(C)C. The van der Waals surface area contributed by atoms with Gasteiger partial charge in [0.05, 0.1) is 0 Å². The van der Waals surface area contributed by atoms with Crippen molar-refractivity contribution >= 4 is 11.9 Å². The highest BCUT2D eigenvalue weighted by Crippen LogP contribution is 2.11. The van der Waals surface area contributed by atoms with Crippen molar-refractivity contribution in [1.82, 2.24) is 10.2 Å². The van der Waals surface area contributed by atoms with Crippen molar-refractivity contribution in [3.05, 3.63) is 12.2 Å². The number of likely N-dealkylation sites (N-methyl/N-ethyl adjacent to an activating group) is 1. The molecule has 0 aromatic rings. The van der Waals surface area contributed by atoms with Gasteiger partial charge >= 0.3 is 5.97 Å². The van der Waals surface area contributed by atoms with Crippen LogP contribution >= 0.6 is 0 Å². The number of unbranched alkanes of at least 4 members (excludes halogenated alkanes) is 11. The van der Waals surface area contributed by atoms with Crippen LogP contribution < -0.4 is 5.32 Å². The standard InChI is InChI=1S/C25H48N2O3/c1-4-5-6-7-8-9-10-11-12-13-14-15-16-17-21-24(28)26-22-19-18-20-23(25(29)30)27(2)3/h8-9,23H,4-7,10-22H2,1-3H3,(H,26,28)(H,29,30)/b9-8+/t23-/m0/s1. The molecule has 0 aromatic carbocycles. The summed E-state index contributed by atoms with van der Waals surface area (Å²) < 4.78 is 0. The molecule has 0 unspecified atom stereocenters. The third-order valence-electron chi connectivity index (χ3n) is 5.55. The lowest BCUT2D eigenvalue weighted by Gasteiger charge is -2.19. The number of nitrogens with zero attached hydrogens (tertiary/aromatic N) is 1. The summed E-state index contributed by atoms with van der Waals surface area (Å²) in [6, 6.07) is -0.437. The number of aliphatic carboxylic acids is 1. The molecule has 0 aliphatic carbocycles. The molecule has 0 aromatic heterocycles. The van der Waals surface area contributed by atoms with Gasteiger partial charge in [-0.2, -0.15) is 0 Å². The highest BCUT2D eigenvalue weighted by atomic mass is 16.4. The fourth-order valence-electron chi connectivity index (χ4n) is 3.56. The van der Waals surface area contributed by atoms with Crippen molar-refractivity contribution in [3.8, 4) is 0 Å². The van der Waals surface area contributed by atoms with Crippen LogP contribution in [0.4, 0.5) is 0 Å². The largest absolute Gasteiger partial charge is 0.480 e. The van der Waals surface area contributed by atoms with E-state index in [2.05, 4.69) is 24.4 Å². The topological polar surface area (TPSA) is 69.6 Å². The molecule has 0 fully saturated rings. The second-order valence-corrected chi connectivity index (χ2v) is 8.64. The Morgan fingerprint density at radius 1 is 0.833 bits per heavy atom. The lowest BCUT2D eigenvalue weighted by molar-refractivity contribution is -0.142. The molecule has 1 amide bonds. The average molecular weight is 425 g/mol. The van der Waals surface area contributed by atoms with Crippen LogP contribution in [0.25, 0.3) is 0 Å². The summed E-state index contributed by atoms with van der Waals surface area (Å²) in [5.41, 5.74) is 0. The van der Waals surface area contributed by atoms with Crippen LogP contribution in [0.15, 0.2) is 12.2 Å². The van der Waals surface area contributed by atoms with Crippen molar-refractivity contribution in [2.75, 3.05) is 20.6 Å². The van der Waals surface area contributed by atoms with Crippen LogP contribution in [-0.4, -0.2) is 48.6 Å². The van der Waals surface area contributed by atoms with Gasteiger partial charge in [0.1, 0.15) is 6.04 Å². The second kappa shape index (κ2) is 20.9. The Labute approximate surface area is 185 Å². The predicted molar refractivity (Wildman–Crippen MR) is 127 cm³/mol. The first-order valence-electron chi connectivity index (χ1n) is 12.3. The second-order valence-electron chi connectivity index (χ2n) is 8.64. The molecule has 30 heavy (non-hydrogen) atoms. The fourth-order valence-corrected chi connectivity index (χ4v) is 3.56. The quantitative estimate of drug-likeness (QED) is 0.177. The number of carbonyl (C=O) groups is 2. The monoisotopic (exact) mass is 424 g/mol. The summed E-state index contributed by atoms with van der Waals surface area (Å²) in [5.74, 6) is -0.651. The molecule has 0 aliphatic rings. The van der Waals surface area contributed by atoms with Gasteiger partial charge in [-0.05, 0) is 65.5 Å². The molecule has 0 heterocycles. The number of carboxylic acids is 1. The van der Waals surface area contributed by atoms with E-state index >= 15 is 0 Å². The zero-order chi connectivity index (χ0) is 22.5. The lowest BCUT2D eigenvalue weighted by Crippen LogP contribution is -2.35. The number of nitrogens with one attached hydrogen (secondary N) is 1. The van der Waals surface area contributed by atoms with E-state index in [1.807, 2.05) is 0 Å². The van der Waals surface area contributed by atoms with Gasteiger partial charge in [0.15, 0.2) is 0 Å². The molecule has 0 spiro atoms. The molecule has 0 aliphatic heterocycles. The Hall–Kier alpha value is -1.36. The van der Waals surface area contributed by atoms with E-state index in [1.165, 1.54) is 64.2 Å². The zero-order valence-electron chi connectivity index (χ0n) is 20.0. The van der Waals surface area contributed by atoms with Crippen molar-refractivity contribution in [2.45, 2.75) is 116 Å². The molecule has 0 radical (unpaired) electrons. The van der Waals surface area contributed by atoms with Crippen LogP contribution in [-0.2, 0) is 9.59 Å². The number of carboxylic acid groups (broad SMARTS) is 1. The molecule has 5 heteroatoms. The molecule has 0 saturated carbocycles. The highest BCUT2D eigenvalue weighted by Gasteiger charge is 2.18. The van der Waals surface area contributed by atoms with Gasteiger partial charge in [-0.15, -0.1) is 0 Å². The van der Waals surface area contributed by atoms with Gasteiger partial charge in [0.25, 0.3) is 0 Å². The summed E-state index contributed by atoms with van der Waals surface area (Å²) in [5, 5.41) is 12.1. The maximum Gasteiger partial charge on any atom is 0.320 e. The van der Waals surface area contributed by atoms with E-state index in [4.69, 9.17) is 5.11 Å². The van der Waals surface area contributed by atoms with E-state index < -0.39 is 12.0 Å². The average Bonchev–Trinajstić information content (AvgIpc) is 2.70. The molecule has 0 rings (SSSR count). The summed E-state index contributed by atoms with van der Waals surface area (Å²) >= 11 is 0. The van der Waals surface area contributed by atoms with E-state index in [0.717, 1.165) is 25.7 Å². The molecule has 5 nitrogen and oxygen atoms in total. The van der Waals surface area contributed by atoms with Crippen molar-refractivity contribution < 1.29 is 14.7 Å². The number of allylic oxidation sites excluding steroid dienone is 2. The van der Waals surface area contributed by atoms with Crippen LogP contribution in [0.5, 0.6) is 0 Å². The molecular formula is C25H48N2O3. The Bertz CT molecular complexity index is 450. The molecule has 176 valence electrons. The van der Waals surface area contributed by atoms with Crippen molar-refractivity contribution in [3.63, 3.8) is 0 Å². The molecular weight excluding hydrogens is 376 g/mol. The predicted octanol–water partition coefficient (Wildman–Crippen LogP) is 5.94. The van der Waals surface area contributed by atoms with Crippen LogP contribution in [0, 0.1) is 0 Å². The smallest absolute Gasteiger partial charge is 0.320 e. The summed E-state index contributed by atoms with van der Waals surface area (Å²) in [6.45, 7) is 2.89. The fraction of sp³-hybridized carbons (Fsp3) is 0.840. The van der Waals surface area contributed by atoms with Gasteiger partial charge in [0.2, 0.25) is 5.91 Å². The summed E-state index contributed by atoms with van der Waals surface area (Å²) in [4.78, 5) is 24.7. The Kier molecular flexibility index (Phi) is 19.9. The minimum Gasteiger partial charge on any atom is -0.480 e. The summed E-state index contributed by atoms with van der Waals surface area (Å²) in [6.07, 6.45) is 22.5. The molecule has 0 saturated heterocycles. The number of rotatable bonds is 21. The maximum atomic E-state index is 11.9. The Balaban J connectivity index is 3.39. The van der Waals surface area contributed by atoms with E-state index in [-0.39, 0.29) is 5.91 Å². The van der Waals surface area contributed by atoms with Crippen LogP contribution in [0.1, 0.15) is 110 Å². The van der Waals surface area contributed by atoms with Gasteiger partial charge in [-0.3, -0.25) is 14.5 Å². The third-order valence-corrected chi connectivity index (χ3v) is 5.55. The molecule has 0 bridgehead atoms. The minimum atomic E-state index is -0.779. The first-order valence-corrected chi connectivity index (χ1v) is 12.3.